The Labute approximate surface area is 65.6 Å². The fourth-order valence-electron chi connectivity index (χ4n) is 1.16. The van der Waals surface area contributed by atoms with E-state index in [4.69, 9.17) is 0 Å². The first-order valence-corrected chi connectivity index (χ1v) is 3.19. The summed E-state index contributed by atoms with van der Waals surface area (Å²) >= 11 is 0. The molecular weight excluding hydrogens is 160 g/mol. The SMILES string of the molecule is CC1CNCC(F)(F)C1.Cl. The smallest absolute Gasteiger partial charge is 0.260 e. The lowest BCUT2D eigenvalue weighted by atomic mass is 9.99. The summed E-state index contributed by atoms with van der Waals surface area (Å²) in [5.41, 5.74) is 0. The number of piperidine rings is 1. The maximum absolute atomic E-state index is 12.4. The Morgan fingerprint density at radius 1 is 1.50 bits per heavy atom. The van der Waals surface area contributed by atoms with Crippen molar-refractivity contribution in [2.45, 2.75) is 19.3 Å². The summed E-state index contributed by atoms with van der Waals surface area (Å²) in [6.45, 7) is 2.42. The first-order chi connectivity index (χ1) is 4.10. The van der Waals surface area contributed by atoms with Crippen LogP contribution in [0.2, 0.25) is 0 Å². The molecule has 1 N–H and O–H groups in total. The van der Waals surface area contributed by atoms with Gasteiger partial charge in [0.25, 0.3) is 5.92 Å². The van der Waals surface area contributed by atoms with Crippen LogP contribution in [0.3, 0.4) is 0 Å². The van der Waals surface area contributed by atoms with Crippen LogP contribution in [0.1, 0.15) is 13.3 Å². The monoisotopic (exact) mass is 171 g/mol. The highest BCUT2D eigenvalue weighted by molar-refractivity contribution is 5.85. The van der Waals surface area contributed by atoms with Crippen molar-refractivity contribution in [1.29, 1.82) is 0 Å². The van der Waals surface area contributed by atoms with Gasteiger partial charge in [-0.1, -0.05) is 6.92 Å². The van der Waals surface area contributed by atoms with Crippen LogP contribution in [0.15, 0.2) is 0 Å². The third kappa shape index (κ3) is 2.80. The van der Waals surface area contributed by atoms with Crippen LogP contribution in [0.25, 0.3) is 0 Å². The standard InChI is InChI=1S/C6H11F2N.ClH/c1-5-2-6(7,8)4-9-3-5;/h5,9H,2-4H2,1H3;1H. The average Bonchev–Trinajstić information content (AvgIpc) is 1.60. The normalized spacial score (nSPS) is 30.9. The Hall–Kier alpha value is 0.110. The Kier molecular flexibility index (Phi) is 3.52. The molecule has 4 heteroatoms. The maximum Gasteiger partial charge on any atom is 0.260 e. The summed E-state index contributed by atoms with van der Waals surface area (Å²) in [7, 11) is 0. The zero-order valence-corrected chi connectivity index (χ0v) is 6.68. The van der Waals surface area contributed by atoms with Crippen molar-refractivity contribution < 1.29 is 8.78 Å². The lowest BCUT2D eigenvalue weighted by Crippen LogP contribution is -2.42. The quantitative estimate of drug-likeness (QED) is 0.585. The summed E-state index contributed by atoms with van der Waals surface area (Å²) in [4.78, 5) is 0. The van der Waals surface area contributed by atoms with Gasteiger partial charge < -0.3 is 5.32 Å². The molecule has 0 aromatic carbocycles. The molecule has 1 aliphatic rings. The van der Waals surface area contributed by atoms with Gasteiger partial charge in [-0.05, 0) is 12.5 Å². The Morgan fingerprint density at radius 3 is 2.40 bits per heavy atom. The van der Waals surface area contributed by atoms with Crippen molar-refractivity contribution in [3.63, 3.8) is 0 Å². The second kappa shape index (κ2) is 3.49. The summed E-state index contributed by atoms with van der Waals surface area (Å²) in [6.07, 6.45) is 0.0417. The molecule has 0 amide bonds. The topological polar surface area (TPSA) is 12.0 Å². The number of nitrogens with one attached hydrogen (secondary N) is 1. The average molecular weight is 172 g/mol. The highest BCUT2D eigenvalue weighted by Crippen LogP contribution is 2.25. The van der Waals surface area contributed by atoms with E-state index in [0.29, 0.717) is 0 Å². The van der Waals surface area contributed by atoms with Crippen molar-refractivity contribution in [3.05, 3.63) is 0 Å². The molecule has 0 spiro atoms. The Bertz CT molecular complexity index is 108. The molecule has 1 heterocycles. The Balaban J connectivity index is 0.000000810. The van der Waals surface area contributed by atoms with Gasteiger partial charge in [0.05, 0.1) is 6.54 Å². The van der Waals surface area contributed by atoms with Crippen molar-refractivity contribution in [3.8, 4) is 0 Å². The number of hydrogen-bond donors (Lipinski definition) is 1. The van der Waals surface area contributed by atoms with Gasteiger partial charge in [-0.3, -0.25) is 0 Å². The first-order valence-electron chi connectivity index (χ1n) is 3.19. The van der Waals surface area contributed by atoms with Gasteiger partial charge in [0.1, 0.15) is 0 Å². The molecular formula is C6H12ClF2N. The molecule has 0 saturated carbocycles. The molecule has 0 bridgehead atoms. The number of hydrogen-bond acceptors (Lipinski definition) is 1. The molecule has 1 nitrogen and oxygen atoms in total. The largest absolute Gasteiger partial charge is 0.311 e. The molecule has 1 fully saturated rings. The molecule has 1 saturated heterocycles. The second-order valence-electron chi connectivity index (χ2n) is 2.80. The number of rotatable bonds is 0. The van der Waals surface area contributed by atoms with E-state index < -0.39 is 5.92 Å². The second-order valence-corrected chi connectivity index (χ2v) is 2.80. The van der Waals surface area contributed by atoms with Crippen molar-refractivity contribution in [2.75, 3.05) is 13.1 Å². The fraction of sp³-hybridized carbons (Fsp3) is 1.00. The van der Waals surface area contributed by atoms with E-state index in [9.17, 15) is 8.78 Å². The van der Waals surface area contributed by atoms with Crippen LogP contribution in [-0.2, 0) is 0 Å². The minimum absolute atomic E-state index is 0. The zero-order chi connectivity index (χ0) is 6.91. The summed E-state index contributed by atoms with van der Waals surface area (Å²) in [5.74, 6) is -2.34. The van der Waals surface area contributed by atoms with E-state index in [1.54, 1.807) is 0 Å². The van der Waals surface area contributed by atoms with Crippen LogP contribution in [0, 0.1) is 5.92 Å². The lowest BCUT2D eigenvalue weighted by molar-refractivity contribution is -0.0362. The minimum Gasteiger partial charge on any atom is -0.311 e. The van der Waals surface area contributed by atoms with E-state index in [-0.39, 0.29) is 31.3 Å². The highest BCUT2D eigenvalue weighted by atomic mass is 35.5. The summed E-state index contributed by atoms with van der Waals surface area (Å²) < 4.78 is 24.8. The number of halogens is 3. The summed E-state index contributed by atoms with van der Waals surface area (Å²) in [6, 6.07) is 0. The molecule has 62 valence electrons. The van der Waals surface area contributed by atoms with E-state index in [1.807, 2.05) is 6.92 Å². The van der Waals surface area contributed by atoms with Gasteiger partial charge >= 0.3 is 0 Å². The molecule has 1 aliphatic heterocycles. The lowest BCUT2D eigenvalue weighted by Gasteiger charge is -2.26. The molecule has 1 atom stereocenters. The van der Waals surface area contributed by atoms with E-state index >= 15 is 0 Å². The maximum atomic E-state index is 12.4. The van der Waals surface area contributed by atoms with Crippen LogP contribution in [0.5, 0.6) is 0 Å². The predicted octanol–water partition coefficient (Wildman–Crippen LogP) is 1.67. The molecule has 0 aromatic rings. The third-order valence-electron chi connectivity index (χ3n) is 1.52. The minimum atomic E-state index is -2.46. The molecule has 0 aliphatic carbocycles. The molecule has 1 unspecified atom stereocenters. The van der Waals surface area contributed by atoms with E-state index in [1.165, 1.54) is 0 Å². The van der Waals surface area contributed by atoms with E-state index in [0.717, 1.165) is 6.54 Å². The molecule has 10 heavy (non-hydrogen) atoms. The third-order valence-corrected chi connectivity index (χ3v) is 1.52. The number of alkyl halides is 2. The van der Waals surface area contributed by atoms with Crippen LogP contribution < -0.4 is 5.32 Å². The molecule has 0 radical (unpaired) electrons. The van der Waals surface area contributed by atoms with Gasteiger partial charge in [0.15, 0.2) is 0 Å². The van der Waals surface area contributed by atoms with Gasteiger partial charge in [0.2, 0.25) is 0 Å². The van der Waals surface area contributed by atoms with Crippen molar-refractivity contribution >= 4 is 12.4 Å². The van der Waals surface area contributed by atoms with Gasteiger partial charge in [0, 0.05) is 6.42 Å². The van der Waals surface area contributed by atoms with Crippen LogP contribution >= 0.6 is 12.4 Å². The molecule has 0 aromatic heterocycles. The van der Waals surface area contributed by atoms with Crippen LogP contribution in [-0.4, -0.2) is 19.0 Å². The highest BCUT2D eigenvalue weighted by Gasteiger charge is 2.33. The van der Waals surface area contributed by atoms with Crippen molar-refractivity contribution in [1.82, 2.24) is 5.32 Å². The van der Waals surface area contributed by atoms with Gasteiger partial charge in [-0.25, -0.2) is 8.78 Å². The van der Waals surface area contributed by atoms with Gasteiger partial charge in [-0.2, -0.15) is 0 Å². The van der Waals surface area contributed by atoms with E-state index in [2.05, 4.69) is 5.32 Å². The zero-order valence-electron chi connectivity index (χ0n) is 5.86. The van der Waals surface area contributed by atoms with Crippen LogP contribution in [0.4, 0.5) is 8.78 Å². The van der Waals surface area contributed by atoms with Gasteiger partial charge in [-0.15, -0.1) is 12.4 Å². The first kappa shape index (κ1) is 10.1. The fourth-order valence-corrected chi connectivity index (χ4v) is 1.16. The molecule has 1 rings (SSSR count). The van der Waals surface area contributed by atoms with Crippen molar-refractivity contribution in [2.24, 2.45) is 5.92 Å². The predicted molar refractivity (Wildman–Crippen MR) is 38.8 cm³/mol. The summed E-state index contributed by atoms with van der Waals surface area (Å²) in [5, 5.41) is 2.67. The Morgan fingerprint density at radius 2 is 2.10 bits per heavy atom.